The molecule has 1 saturated heterocycles. The van der Waals surface area contributed by atoms with Crippen LogP contribution in [0.4, 0.5) is 0 Å². The molecule has 0 radical (unpaired) electrons. The SMILES string of the molecule is N=C(OC1OC[C@@H](OC(=O)c2ccccc2)[C@@H](OC(=O)c2ccccc2)[C@@H]1OC(=O)c1ccccc1)C(Cl)(Cl)Cl. The van der Waals surface area contributed by atoms with E-state index in [-0.39, 0.29) is 23.3 Å². The Bertz CT molecular complexity index is 1340. The molecule has 1 N–H and O–H groups in total. The summed E-state index contributed by atoms with van der Waals surface area (Å²) >= 11 is 17.3. The van der Waals surface area contributed by atoms with Gasteiger partial charge < -0.3 is 23.7 Å². The lowest BCUT2D eigenvalue weighted by Gasteiger charge is -2.40. The molecule has 0 amide bonds. The van der Waals surface area contributed by atoms with Crippen LogP contribution in [0.5, 0.6) is 0 Å². The Balaban J connectivity index is 1.68. The molecular formula is C28H22Cl3NO8. The number of nitrogens with one attached hydrogen (secondary N) is 1. The number of hydrogen-bond donors (Lipinski definition) is 1. The molecule has 1 aliphatic heterocycles. The van der Waals surface area contributed by atoms with E-state index >= 15 is 0 Å². The maximum absolute atomic E-state index is 13.1. The number of carbonyl (C=O) groups is 3. The summed E-state index contributed by atoms with van der Waals surface area (Å²) in [6.45, 7) is -0.373. The fourth-order valence-corrected chi connectivity index (χ4v) is 3.84. The lowest BCUT2D eigenvalue weighted by molar-refractivity contribution is -0.245. The quantitative estimate of drug-likeness (QED) is 0.125. The van der Waals surface area contributed by atoms with Crippen molar-refractivity contribution < 1.29 is 38.1 Å². The Morgan fingerprint density at radius 3 is 1.48 bits per heavy atom. The van der Waals surface area contributed by atoms with Gasteiger partial charge in [0.2, 0.25) is 18.3 Å². The van der Waals surface area contributed by atoms with Gasteiger partial charge in [0, 0.05) is 0 Å². The number of halogens is 3. The minimum absolute atomic E-state index is 0.161. The van der Waals surface area contributed by atoms with Crippen LogP contribution in [0.1, 0.15) is 31.1 Å². The Morgan fingerprint density at radius 2 is 1.05 bits per heavy atom. The first-order valence-corrected chi connectivity index (χ1v) is 13.0. The van der Waals surface area contributed by atoms with Crippen LogP contribution >= 0.6 is 34.8 Å². The van der Waals surface area contributed by atoms with Crippen molar-refractivity contribution in [2.75, 3.05) is 6.61 Å². The Labute approximate surface area is 244 Å². The molecule has 4 rings (SSSR count). The van der Waals surface area contributed by atoms with Crippen LogP contribution in [0.15, 0.2) is 91.0 Å². The zero-order valence-corrected chi connectivity index (χ0v) is 22.8. The van der Waals surface area contributed by atoms with Crippen LogP contribution in [0, 0.1) is 5.41 Å². The molecule has 0 spiro atoms. The van der Waals surface area contributed by atoms with E-state index < -0.39 is 52.2 Å². The van der Waals surface area contributed by atoms with Crippen molar-refractivity contribution in [3.05, 3.63) is 108 Å². The highest BCUT2D eigenvalue weighted by Gasteiger charge is 2.50. The Kier molecular flexibility index (Phi) is 9.65. The first-order valence-electron chi connectivity index (χ1n) is 11.9. The average molecular weight is 607 g/mol. The van der Waals surface area contributed by atoms with Gasteiger partial charge in [0.1, 0.15) is 0 Å². The van der Waals surface area contributed by atoms with Crippen molar-refractivity contribution in [3.63, 3.8) is 0 Å². The monoisotopic (exact) mass is 605 g/mol. The van der Waals surface area contributed by atoms with Crippen molar-refractivity contribution in [2.45, 2.75) is 28.4 Å². The zero-order chi connectivity index (χ0) is 28.7. The summed E-state index contributed by atoms with van der Waals surface area (Å²) in [5.74, 6) is -3.21. The summed E-state index contributed by atoms with van der Waals surface area (Å²) in [6.07, 6.45) is -5.84. The number of alkyl halides is 3. The van der Waals surface area contributed by atoms with E-state index in [0.717, 1.165) is 0 Å². The van der Waals surface area contributed by atoms with Gasteiger partial charge in [-0.25, -0.2) is 14.4 Å². The first kappa shape index (κ1) is 29.4. The molecule has 0 aliphatic carbocycles. The maximum atomic E-state index is 13.1. The van der Waals surface area contributed by atoms with E-state index in [0.29, 0.717) is 0 Å². The van der Waals surface area contributed by atoms with Gasteiger partial charge in [-0.1, -0.05) is 89.4 Å². The molecule has 3 aromatic carbocycles. The zero-order valence-electron chi connectivity index (χ0n) is 20.6. The van der Waals surface area contributed by atoms with Crippen molar-refractivity contribution in [2.24, 2.45) is 0 Å². The molecule has 1 aliphatic rings. The van der Waals surface area contributed by atoms with Gasteiger partial charge in [-0.05, 0) is 36.4 Å². The fourth-order valence-electron chi connectivity index (χ4n) is 3.71. The smallest absolute Gasteiger partial charge is 0.338 e. The van der Waals surface area contributed by atoms with Crippen molar-refractivity contribution >= 4 is 58.6 Å². The van der Waals surface area contributed by atoms with Crippen LogP contribution in [0.2, 0.25) is 0 Å². The summed E-state index contributed by atoms with van der Waals surface area (Å²) in [7, 11) is 0. The van der Waals surface area contributed by atoms with Crippen LogP contribution in [0.25, 0.3) is 0 Å². The van der Waals surface area contributed by atoms with Crippen LogP contribution in [-0.2, 0) is 23.7 Å². The highest BCUT2D eigenvalue weighted by Crippen LogP contribution is 2.32. The van der Waals surface area contributed by atoms with Gasteiger partial charge in [-0.2, -0.15) is 0 Å². The first-order chi connectivity index (χ1) is 19.1. The predicted molar refractivity (Wildman–Crippen MR) is 146 cm³/mol. The molecule has 40 heavy (non-hydrogen) atoms. The summed E-state index contributed by atoms with van der Waals surface area (Å²) in [5, 5.41) is 8.00. The average Bonchev–Trinajstić information content (AvgIpc) is 2.96. The topological polar surface area (TPSA) is 121 Å². The largest absolute Gasteiger partial charge is 0.452 e. The molecule has 208 valence electrons. The molecule has 9 nitrogen and oxygen atoms in total. The minimum Gasteiger partial charge on any atom is -0.452 e. The highest BCUT2D eigenvalue weighted by molar-refractivity contribution is 6.76. The van der Waals surface area contributed by atoms with Crippen LogP contribution < -0.4 is 0 Å². The van der Waals surface area contributed by atoms with E-state index in [1.54, 1.807) is 54.6 Å². The standard InChI is InChI=1S/C28H22Cl3NO8/c29-28(30,31)27(32)40-26-22(39-25(35)19-14-8-3-9-15-19)21(38-24(34)18-12-6-2-7-13-18)20(16-36-26)37-23(33)17-10-4-1-5-11-17/h1-15,20-22,26,32H,16H2/t20-,21-,22+,26?/m1/s1. The lowest BCUT2D eigenvalue weighted by atomic mass is 10.0. The van der Waals surface area contributed by atoms with Crippen molar-refractivity contribution in [1.29, 1.82) is 5.41 Å². The van der Waals surface area contributed by atoms with E-state index in [1.165, 1.54) is 36.4 Å². The Hall–Kier alpha value is -3.63. The minimum atomic E-state index is -2.27. The van der Waals surface area contributed by atoms with Gasteiger partial charge in [-0.3, -0.25) is 5.41 Å². The van der Waals surface area contributed by atoms with Gasteiger partial charge in [-0.15, -0.1) is 0 Å². The summed E-state index contributed by atoms with van der Waals surface area (Å²) in [6, 6.07) is 24.1. The van der Waals surface area contributed by atoms with E-state index in [4.69, 9.17) is 63.9 Å². The number of benzene rings is 3. The molecule has 0 bridgehead atoms. The number of ether oxygens (including phenoxy) is 5. The summed E-state index contributed by atoms with van der Waals surface area (Å²) in [4.78, 5) is 39.1. The van der Waals surface area contributed by atoms with Crippen LogP contribution in [0.3, 0.4) is 0 Å². The van der Waals surface area contributed by atoms with E-state index in [2.05, 4.69) is 0 Å². The van der Waals surface area contributed by atoms with Gasteiger partial charge >= 0.3 is 17.9 Å². The number of esters is 3. The summed E-state index contributed by atoms with van der Waals surface area (Å²) in [5.41, 5.74) is 0.570. The van der Waals surface area contributed by atoms with Crippen molar-refractivity contribution in [1.82, 2.24) is 0 Å². The molecule has 0 saturated carbocycles. The molecule has 1 unspecified atom stereocenters. The van der Waals surface area contributed by atoms with E-state index in [1.807, 2.05) is 0 Å². The predicted octanol–water partition coefficient (Wildman–Crippen LogP) is 5.38. The maximum Gasteiger partial charge on any atom is 0.338 e. The molecule has 12 heteroatoms. The molecule has 3 aromatic rings. The second kappa shape index (κ2) is 13.1. The van der Waals surface area contributed by atoms with Crippen LogP contribution in [-0.4, -0.2) is 58.8 Å². The molecule has 0 aromatic heterocycles. The third kappa shape index (κ3) is 7.51. The van der Waals surface area contributed by atoms with Gasteiger partial charge in [0.05, 0.1) is 23.3 Å². The number of carbonyl (C=O) groups excluding carboxylic acids is 3. The molecule has 1 fully saturated rings. The highest BCUT2D eigenvalue weighted by atomic mass is 35.6. The number of rotatable bonds is 7. The van der Waals surface area contributed by atoms with Gasteiger partial charge in [0.15, 0.2) is 12.2 Å². The molecule has 1 heterocycles. The second-order valence-corrected chi connectivity index (χ2v) is 10.7. The fraction of sp³-hybridized carbons (Fsp3) is 0.214. The summed E-state index contributed by atoms with van der Waals surface area (Å²) < 4.78 is 25.9. The number of hydrogen-bond acceptors (Lipinski definition) is 9. The molecule has 4 atom stereocenters. The third-order valence-electron chi connectivity index (χ3n) is 5.65. The second-order valence-electron chi connectivity index (χ2n) is 8.43. The third-order valence-corrected chi connectivity index (χ3v) is 6.16. The lowest BCUT2D eigenvalue weighted by Crippen LogP contribution is -2.59. The molecular weight excluding hydrogens is 585 g/mol. The van der Waals surface area contributed by atoms with E-state index in [9.17, 15) is 14.4 Å². The Morgan fingerprint density at radius 1 is 0.650 bits per heavy atom. The normalized spacial score (nSPS) is 20.6. The van der Waals surface area contributed by atoms with Crippen molar-refractivity contribution in [3.8, 4) is 0 Å². The van der Waals surface area contributed by atoms with Gasteiger partial charge in [0.25, 0.3) is 3.79 Å².